The summed E-state index contributed by atoms with van der Waals surface area (Å²) in [4.78, 5) is 0. The van der Waals surface area contributed by atoms with Crippen molar-refractivity contribution in [2.24, 2.45) is 5.73 Å². The highest BCUT2D eigenvalue weighted by Crippen LogP contribution is 2.42. The lowest BCUT2D eigenvalue weighted by Crippen LogP contribution is -2.31. The zero-order chi connectivity index (χ0) is 15.1. The molecule has 4 N–H and O–H groups in total. The molecule has 1 aromatic rings. The number of benzene rings is 1. The maximum atomic E-state index is 10.4. The maximum absolute atomic E-state index is 10.4. The Morgan fingerprint density at radius 1 is 1.15 bits per heavy atom. The minimum atomic E-state index is -0.835. The molecule has 0 aliphatic carbocycles. The quantitative estimate of drug-likeness (QED) is 0.651. The molecule has 2 unspecified atom stereocenters. The Hall–Kier alpha value is -1.50. The largest absolute Gasteiger partial charge is 0.493 e. The Morgan fingerprint density at radius 3 is 2.30 bits per heavy atom. The van der Waals surface area contributed by atoms with Crippen molar-refractivity contribution in [3.05, 3.63) is 17.7 Å². The second-order valence-corrected chi connectivity index (χ2v) is 4.42. The van der Waals surface area contributed by atoms with Crippen molar-refractivity contribution in [1.82, 2.24) is 5.32 Å². The van der Waals surface area contributed by atoms with E-state index in [9.17, 15) is 5.11 Å². The normalized spacial score (nSPS) is 13.7. The summed E-state index contributed by atoms with van der Waals surface area (Å²) in [5.41, 5.74) is 6.59. The van der Waals surface area contributed by atoms with Crippen LogP contribution in [0.15, 0.2) is 12.1 Å². The van der Waals surface area contributed by atoms with Crippen molar-refractivity contribution in [3.8, 4) is 17.2 Å². The van der Waals surface area contributed by atoms with Gasteiger partial charge in [0, 0.05) is 11.6 Å². The van der Waals surface area contributed by atoms with Gasteiger partial charge < -0.3 is 30.4 Å². The Balaban J connectivity index is 3.10. The fourth-order valence-corrected chi connectivity index (χ4v) is 2.06. The van der Waals surface area contributed by atoms with Crippen molar-refractivity contribution in [2.45, 2.75) is 18.6 Å². The molecule has 0 spiro atoms. The fraction of sp³-hybridized carbons (Fsp3) is 0.571. The Kier molecular flexibility index (Phi) is 6.57. The topological polar surface area (TPSA) is 86.0 Å². The van der Waals surface area contributed by atoms with E-state index < -0.39 is 12.1 Å². The Labute approximate surface area is 119 Å². The third-order valence-electron chi connectivity index (χ3n) is 3.19. The molecule has 20 heavy (non-hydrogen) atoms. The van der Waals surface area contributed by atoms with E-state index in [2.05, 4.69) is 5.32 Å². The molecule has 6 heteroatoms. The van der Waals surface area contributed by atoms with Crippen LogP contribution in [-0.2, 0) is 0 Å². The monoisotopic (exact) mass is 284 g/mol. The first-order valence-electron chi connectivity index (χ1n) is 6.47. The van der Waals surface area contributed by atoms with E-state index in [4.69, 9.17) is 19.9 Å². The zero-order valence-corrected chi connectivity index (χ0v) is 12.5. The summed E-state index contributed by atoms with van der Waals surface area (Å²) in [5.74, 6) is 1.44. The van der Waals surface area contributed by atoms with Gasteiger partial charge >= 0.3 is 0 Å². The van der Waals surface area contributed by atoms with E-state index in [0.29, 0.717) is 29.2 Å². The Bertz CT molecular complexity index is 426. The van der Waals surface area contributed by atoms with E-state index in [1.807, 2.05) is 7.05 Å². The van der Waals surface area contributed by atoms with Crippen LogP contribution in [0.3, 0.4) is 0 Å². The van der Waals surface area contributed by atoms with Crippen LogP contribution in [0.5, 0.6) is 17.2 Å². The molecule has 2 atom stereocenters. The number of ether oxygens (including phenoxy) is 3. The minimum Gasteiger partial charge on any atom is -0.493 e. The third-order valence-corrected chi connectivity index (χ3v) is 3.19. The molecular formula is C14H24N2O4. The number of hydrogen-bond donors (Lipinski definition) is 3. The van der Waals surface area contributed by atoms with Crippen molar-refractivity contribution < 1.29 is 19.3 Å². The molecule has 0 fully saturated rings. The predicted octanol–water partition coefficient (Wildman–Crippen LogP) is 0.683. The molecule has 1 rings (SSSR count). The maximum Gasteiger partial charge on any atom is 0.203 e. The molecular weight excluding hydrogens is 260 g/mol. The van der Waals surface area contributed by atoms with Gasteiger partial charge in [-0.1, -0.05) is 0 Å². The van der Waals surface area contributed by atoms with Crippen LogP contribution >= 0.6 is 0 Å². The summed E-state index contributed by atoms with van der Waals surface area (Å²) in [7, 11) is 6.44. The first-order chi connectivity index (χ1) is 9.60. The molecule has 0 amide bonds. The number of aliphatic hydroxyl groups is 1. The molecule has 0 radical (unpaired) electrons. The minimum absolute atomic E-state index is 0.394. The van der Waals surface area contributed by atoms with Crippen LogP contribution in [0.2, 0.25) is 0 Å². The van der Waals surface area contributed by atoms with E-state index in [0.717, 1.165) is 6.54 Å². The average Bonchev–Trinajstić information content (AvgIpc) is 2.49. The van der Waals surface area contributed by atoms with Gasteiger partial charge in [-0.05, 0) is 32.1 Å². The van der Waals surface area contributed by atoms with Gasteiger partial charge in [0.1, 0.15) is 0 Å². The first kappa shape index (κ1) is 16.6. The lowest BCUT2D eigenvalue weighted by atomic mass is 9.99. The summed E-state index contributed by atoms with van der Waals surface area (Å²) in [6.45, 7) is 0.730. The second-order valence-electron chi connectivity index (χ2n) is 4.42. The molecule has 6 nitrogen and oxygen atoms in total. The van der Waals surface area contributed by atoms with E-state index in [1.54, 1.807) is 19.2 Å². The van der Waals surface area contributed by atoms with Gasteiger partial charge in [-0.3, -0.25) is 0 Å². The molecule has 0 aliphatic heterocycles. The number of nitrogens with one attached hydrogen (secondary N) is 1. The molecule has 114 valence electrons. The van der Waals surface area contributed by atoms with Crippen LogP contribution in [0.25, 0.3) is 0 Å². The summed E-state index contributed by atoms with van der Waals surface area (Å²) in [5, 5.41) is 13.4. The standard InChI is InChI=1S/C14H24N2O4/c1-16-8-7-10(15)12(17)9-5-6-11(18-2)14(20-4)13(9)19-3/h5-6,10,12,16-17H,7-8,15H2,1-4H3. The van der Waals surface area contributed by atoms with Gasteiger partial charge in [-0.25, -0.2) is 0 Å². The predicted molar refractivity (Wildman–Crippen MR) is 77.6 cm³/mol. The highest BCUT2D eigenvalue weighted by molar-refractivity contribution is 5.56. The second kappa shape index (κ2) is 7.94. The van der Waals surface area contributed by atoms with Gasteiger partial charge in [0.25, 0.3) is 0 Å². The molecule has 0 bridgehead atoms. The molecule has 1 aromatic carbocycles. The third kappa shape index (κ3) is 3.53. The van der Waals surface area contributed by atoms with Gasteiger partial charge in [-0.2, -0.15) is 0 Å². The van der Waals surface area contributed by atoms with Gasteiger partial charge in [0.05, 0.1) is 27.4 Å². The van der Waals surface area contributed by atoms with E-state index in [1.165, 1.54) is 14.2 Å². The van der Waals surface area contributed by atoms with Crippen molar-refractivity contribution in [2.75, 3.05) is 34.9 Å². The van der Waals surface area contributed by atoms with Crippen LogP contribution in [0.4, 0.5) is 0 Å². The highest BCUT2D eigenvalue weighted by Gasteiger charge is 2.24. The number of nitrogens with two attached hydrogens (primary N) is 1. The van der Waals surface area contributed by atoms with Crippen LogP contribution in [0, 0.1) is 0 Å². The highest BCUT2D eigenvalue weighted by atomic mass is 16.5. The van der Waals surface area contributed by atoms with Crippen LogP contribution in [-0.4, -0.2) is 46.1 Å². The SMILES string of the molecule is CNCCC(N)C(O)c1ccc(OC)c(OC)c1OC. The molecule has 0 aromatic heterocycles. The van der Waals surface area contributed by atoms with Gasteiger partial charge in [-0.15, -0.1) is 0 Å². The summed E-state index contributed by atoms with van der Waals surface area (Å²) >= 11 is 0. The van der Waals surface area contributed by atoms with Crippen molar-refractivity contribution >= 4 is 0 Å². The lowest BCUT2D eigenvalue weighted by Gasteiger charge is -2.23. The van der Waals surface area contributed by atoms with Gasteiger partial charge in [0.15, 0.2) is 11.5 Å². The number of rotatable bonds is 8. The van der Waals surface area contributed by atoms with Crippen molar-refractivity contribution in [1.29, 1.82) is 0 Å². The van der Waals surface area contributed by atoms with Crippen LogP contribution in [0.1, 0.15) is 18.1 Å². The molecule has 0 aliphatic rings. The first-order valence-corrected chi connectivity index (χ1v) is 6.47. The number of methoxy groups -OCH3 is 3. The number of aliphatic hydroxyl groups excluding tert-OH is 1. The summed E-state index contributed by atoms with van der Waals surface area (Å²) < 4.78 is 15.9. The fourth-order valence-electron chi connectivity index (χ4n) is 2.06. The summed E-state index contributed by atoms with van der Waals surface area (Å²) in [6, 6.07) is 3.07. The van der Waals surface area contributed by atoms with Crippen molar-refractivity contribution in [3.63, 3.8) is 0 Å². The Morgan fingerprint density at radius 2 is 1.80 bits per heavy atom. The zero-order valence-electron chi connectivity index (χ0n) is 12.5. The van der Waals surface area contributed by atoms with Gasteiger partial charge in [0.2, 0.25) is 5.75 Å². The molecule has 0 saturated heterocycles. The molecule has 0 heterocycles. The van der Waals surface area contributed by atoms with Crippen LogP contribution < -0.4 is 25.3 Å². The lowest BCUT2D eigenvalue weighted by molar-refractivity contribution is 0.138. The average molecular weight is 284 g/mol. The van der Waals surface area contributed by atoms with E-state index in [-0.39, 0.29) is 0 Å². The smallest absolute Gasteiger partial charge is 0.203 e. The summed E-state index contributed by atoms with van der Waals surface area (Å²) in [6.07, 6.45) is -0.187. The van der Waals surface area contributed by atoms with E-state index >= 15 is 0 Å². The molecule has 0 saturated carbocycles. The number of hydrogen-bond acceptors (Lipinski definition) is 6.